The van der Waals surface area contributed by atoms with Gasteiger partial charge in [-0.15, -0.1) is 0 Å². The van der Waals surface area contributed by atoms with E-state index in [0.29, 0.717) is 18.1 Å². The predicted octanol–water partition coefficient (Wildman–Crippen LogP) is 4.42. The van der Waals surface area contributed by atoms with Gasteiger partial charge in [0.05, 0.1) is 11.7 Å². The molecule has 2 aromatic heterocycles. The zero-order chi connectivity index (χ0) is 20.8. The number of nitrogens with zero attached hydrogens (tertiary/aromatic N) is 3. The normalized spacial score (nSPS) is 15.1. The maximum absolute atomic E-state index is 12.3. The number of fused-ring (bicyclic) bond motifs is 3. The van der Waals surface area contributed by atoms with Crippen LogP contribution in [-0.2, 0) is 6.54 Å². The molecule has 1 aliphatic heterocycles. The van der Waals surface area contributed by atoms with Crippen molar-refractivity contribution in [3.63, 3.8) is 0 Å². The summed E-state index contributed by atoms with van der Waals surface area (Å²) in [6.45, 7) is 4.70. The molecule has 0 saturated heterocycles. The molecule has 0 bridgehead atoms. The lowest BCUT2D eigenvalue weighted by atomic mass is 9.83. The van der Waals surface area contributed by atoms with E-state index in [2.05, 4.69) is 58.1 Å². The Morgan fingerprint density at radius 1 is 0.967 bits per heavy atom. The van der Waals surface area contributed by atoms with E-state index in [9.17, 15) is 9.90 Å². The monoisotopic (exact) mass is 397 g/mol. The van der Waals surface area contributed by atoms with Crippen LogP contribution in [0.15, 0.2) is 77.7 Å². The molecule has 0 saturated carbocycles. The van der Waals surface area contributed by atoms with Gasteiger partial charge in [0.1, 0.15) is 5.69 Å². The Balaban J connectivity index is 1.79. The van der Waals surface area contributed by atoms with Crippen molar-refractivity contribution in [2.75, 3.05) is 0 Å². The van der Waals surface area contributed by atoms with E-state index in [1.54, 1.807) is 6.20 Å². The van der Waals surface area contributed by atoms with Crippen LogP contribution in [0.4, 0.5) is 0 Å². The van der Waals surface area contributed by atoms with E-state index >= 15 is 0 Å². The molecule has 5 rings (SSSR count). The molecule has 0 spiro atoms. The molecule has 3 heterocycles. The molecule has 30 heavy (non-hydrogen) atoms. The number of benzene rings is 2. The third-order valence-electron chi connectivity index (χ3n) is 6.20. The predicted molar refractivity (Wildman–Crippen MR) is 117 cm³/mol. The number of aromatic nitrogens is 3. The minimum Gasteiger partial charge on any atom is -0.503 e. The van der Waals surface area contributed by atoms with Gasteiger partial charge in [0.15, 0.2) is 11.6 Å². The number of imidazole rings is 1. The number of aromatic hydroxyl groups is 1. The van der Waals surface area contributed by atoms with Crippen molar-refractivity contribution >= 4 is 0 Å². The summed E-state index contributed by atoms with van der Waals surface area (Å²) in [4.78, 5) is 17.0. The first-order valence-corrected chi connectivity index (χ1v) is 10.1. The Kier molecular flexibility index (Phi) is 4.31. The van der Waals surface area contributed by atoms with Gasteiger partial charge in [0.2, 0.25) is 5.43 Å². The Hall–Kier alpha value is -3.60. The molecule has 1 atom stereocenters. The molecule has 0 aliphatic carbocycles. The van der Waals surface area contributed by atoms with Crippen molar-refractivity contribution < 1.29 is 5.11 Å². The molecule has 1 aliphatic rings. The minimum absolute atomic E-state index is 0.0314. The lowest BCUT2D eigenvalue weighted by molar-refractivity contribution is 0.361. The summed E-state index contributed by atoms with van der Waals surface area (Å²) in [6.07, 6.45) is 1.80. The summed E-state index contributed by atoms with van der Waals surface area (Å²) in [5.74, 6) is 0.452. The SMILES string of the molecule is Cc1nc2n(c1C)C[C@H](C(c1ccccc1)c1ccccc1)n1ccc(=O)c(O)c1-2. The lowest BCUT2D eigenvalue weighted by Crippen LogP contribution is -2.31. The highest BCUT2D eigenvalue weighted by atomic mass is 16.3. The summed E-state index contributed by atoms with van der Waals surface area (Å²) >= 11 is 0. The van der Waals surface area contributed by atoms with E-state index in [1.807, 2.05) is 30.5 Å². The molecule has 0 fully saturated rings. The fraction of sp³-hybridized carbons (Fsp3) is 0.200. The third-order valence-corrected chi connectivity index (χ3v) is 6.20. The first kappa shape index (κ1) is 18.4. The van der Waals surface area contributed by atoms with Crippen LogP contribution in [0.2, 0.25) is 0 Å². The van der Waals surface area contributed by atoms with Crippen molar-refractivity contribution in [3.8, 4) is 17.3 Å². The number of hydrogen-bond donors (Lipinski definition) is 1. The molecule has 0 unspecified atom stereocenters. The molecule has 150 valence electrons. The van der Waals surface area contributed by atoms with Crippen molar-refractivity contribution in [2.24, 2.45) is 0 Å². The lowest BCUT2D eigenvalue weighted by Gasteiger charge is -2.36. The van der Waals surface area contributed by atoms with E-state index in [0.717, 1.165) is 11.4 Å². The Morgan fingerprint density at radius 3 is 2.17 bits per heavy atom. The van der Waals surface area contributed by atoms with Crippen LogP contribution < -0.4 is 5.43 Å². The van der Waals surface area contributed by atoms with Crippen LogP contribution in [0.25, 0.3) is 11.5 Å². The van der Waals surface area contributed by atoms with Crippen LogP contribution in [0.3, 0.4) is 0 Å². The number of aryl methyl sites for hydroxylation is 1. The summed E-state index contributed by atoms with van der Waals surface area (Å²) in [6, 6.07) is 22.2. The van der Waals surface area contributed by atoms with Gasteiger partial charge in [0.25, 0.3) is 0 Å². The molecule has 2 aromatic carbocycles. The van der Waals surface area contributed by atoms with Gasteiger partial charge < -0.3 is 14.2 Å². The van der Waals surface area contributed by atoms with Crippen LogP contribution in [0.5, 0.6) is 5.75 Å². The van der Waals surface area contributed by atoms with Gasteiger partial charge in [-0.3, -0.25) is 4.79 Å². The Bertz CT molecular complexity index is 1230. The highest BCUT2D eigenvalue weighted by molar-refractivity contribution is 5.62. The van der Waals surface area contributed by atoms with Gasteiger partial charge in [-0.1, -0.05) is 60.7 Å². The molecular weight excluding hydrogens is 374 g/mol. The summed E-state index contributed by atoms with van der Waals surface area (Å²) in [7, 11) is 0. The highest BCUT2D eigenvalue weighted by Crippen LogP contribution is 2.43. The summed E-state index contributed by atoms with van der Waals surface area (Å²) < 4.78 is 4.16. The van der Waals surface area contributed by atoms with Gasteiger partial charge in [-0.2, -0.15) is 0 Å². The summed E-state index contributed by atoms with van der Waals surface area (Å²) in [5.41, 5.74) is 4.45. The van der Waals surface area contributed by atoms with E-state index in [1.165, 1.54) is 17.2 Å². The average Bonchev–Trinajstić information content (AvgIpc) is 3.06. The van der Waals surface area contributed by atoms with Crippen molar-refractivity contribution in [2.45, 2.75) is 32.4 Å². The molecular formula is C25H23N3O2. The molecule has 4 aromatic rings. The maximum Gasteiger partial charge on any atom is 0.223 e. The topological polar surface area (TPSA) is 60.0 Å². The second-order valence-corrected chi connectivity index (χ2v) is 7.87. The highest BCUT2D eigenvalue weighted by Gasteiger charge is 2.35. The van der Waals surface area contributed by atoms with Crippen molar-refractivity contribution in [1.29, 1.82) is 0 Å². The standard InChI is InChI=1S/C25H23N3O2/c1-16-17(2)28-15-20(27-14-13-21(29)24(30)23(27)25(28)26-16)22(18-9-5-3-6-10-18)19-11-7-4-8-12-19/h3-14,20,22,30H,15H2,1-2H3/t20-/m1/s1. The van der Waals surface area contributed by atoms with Crippen LogP contribution in [-0.4, -0.2) is 19.2 Å². The van der Waals surface area contributed by atoms with E-state index in [4.69, 9.17) is 0 Å². The Morgan fingerprint density at radius 2 is 1.57 bits per heavy atom. The molecule has 5 nitrogen and oxygen atoms in total. The first-order valence-electron chi connectivity index (χ1n) is 10.1. The van der Waals surface area contributed by atoms with Crippen molar-refractivity contribution in [3.05, 3.63) is 106 Å². The largest absolute Gasteiger partial charge is 0.503 e. The minimum atomic E-state index is -0.386. The number of pyridine rings is 1. The Labute approximate surface area is 174 Å². The van der Waals surface area contributed by atoms with Gasteiger partial charge in [-0.05, 0) is 25.0 Å². The summed E-state index contributed by atoms with van der Waals surface area (Å²) in [5, 5.41) is 10.7. The fourth-order valence-corrected chi connectivity index (χ4v) is 4.60. The fourth-order valence-electron chi connectivity index (χ4n) is 4.60. The molecule has 5 heteroatoms. The number of rotatable bonds is 3. The van der Waals surface area contributed by atoms with Gasteiger partial charge in [0, 0.05) is 30.4 Å². The molecule has 1 N–H and O–H groups in total. The molecule has 0 amide bonds. The maximum atomic E-state index is 12.3. The van der Waals surface area contributed by atoms with E-state index < -0.39 is 0 Å². The smallest absolute Gasteiger partial charge is 0.223 e. The number of hydrogen-bond acceptors (Lipinski definition) is 3. The van der Waals surface area contributed by atoms with Crippen molar-refractivity contribution in [1.82, 2.24) is 14.1 Å². The second kappa shape index (κ2) is 7.02. The van der Waals surface area contributed by atoms with Gasteiger partial charge >= 0.3 is 0 Å². The zero-order valence-electron chi connectivity index (χ0n) is 17.0. The third kappa shape index (κ3) is 2.77. The quantitative estimate of drug-likeness (QED) is 0.557. The zero-order valence-corrected chi connectivity index (χ0v) is 17.0. The van der Waals surface area contributed by atoms with E-state index in [-0.39, 0.29) is 23.1 Å². The first-order chi connectivity index (χ1) is 14.6. The average molecular weight is 397 g/mol. The molecule has 0 radical (unpaired) electrons. The van der Waals surface area contributed by atoms with Gasteiger partial charge in [-0.25, -0.2) is 4.98 Å². The van der Waals surface area contributed by atoms with Crippen LogP contribution in [0, 0.1) is 13.8 Å². The van der Waals surface area contributed by atoms with Crippen LogP contribution in [0.1, 0.15) is 34.5 Å². The second-order valence-electron chi connectivity index (χ2n) is 7.87. The van der Waals surface area contributed by atoms with Crippen LogP contribution >= 0.6 is 0 Å².